The fraction of sp³-hybridized carbons (Fsp3) is 0.414. The van der Waals surface area contributed by atoms with Crippen molar-refractivity contribution in [3.05, 3.63) is 64.9 Å². The number of halogens is 1. The third kappa shape index (κ3) is 7.42. The highest BCUT2D eigenvalue weighted by Gasteiger charge is 2.32. The normalized spacial score (nSPS) is 12.4. The van der Waals surface area contributed by atoms with Gasteiger partial charge in [0, 0.05) is 24.6 Å². The van der Waals surface area contributed by atoms with Crippen LogP contribution in [0.1, 0.15) is 58.8 Å². The lowest BCUT2D eigenvalue weighted by Crippen LogP contribution is -2.53. The van der Waals surface area contributed by atoms with E-state index in [0.29, 0.717) is 29.7 Å². The number of anilines is 1. The van der Waals surface area contributed by atoms with Crippen molar-refractivity contribution >= 4 is 39.3 Å². The Bertz CT molecular complexity index is 1430. The molecular weight excluding hydrogens is 552 g/mol. The molecule has 3 rings (SSSR count). The fourth-order valence-electron chi connectivity index (χ4n) is 4.41. The van der Waals surface area contributed by atoms with Crippen LogP contribution in [-0.2, 0) is 26.2 Å². The van der Waals surface area contributed by atoms with Crippen LogP contribution in [0.4, 0.5) is 5.82 Å². The molecule has 3 aromatic rings. The predicted octanol–water partition coefficient (Wildman–Crippen LogP) is 5.78. The summed E-state index contributed by atoms with van der Waals surface area (Å²) < 4.78 is 33.9. The van der Waals surface area contributed by atoms with Crippen LogP contribution in [0.2, 0.25) is 5.02 Å². The molecule has 1 heterocycles. The summed E-state index contributed by atoms with van der Waals surface area (Å²) >= 11 is 6.11. The first-order chi connectivity index (χ1) is 18.9. The number of hydrogen-bond donors (Lipinski definition) is 2. The van der Waals surface area contributed by atoms with E-state index in [4.69, 9.17) is 16.1 Å². The molecule has 11 heteroatoms. The van der Waals surface area contributed by atoms with E-state index < -0.39 is 16.1 Å². The second kappa shape index (κ2) is 13.3. The Hall–Kier alpha value is -3.37. The maximum Gasteiger partial charge on any atom is 0.263 e. The topological polar surface area (TPSA) is 122 Å². The first-order valence-corrected chi connectivity index (χ1v) is 15.1. The van der Waals surface area contributed by atoms with E-state index in [1.165, 1.54) is 6.07 Å². The van der Waals surface area contributed by atoms with Gasteiger partial charge in [0.05, 0.1) is 4.90 Å². The van der Waals surface area contributed by atoms with Crippen LogP contribution in [0.3, 0.4) is 0 Å². The van der Waals surface area contributed by atoms with E-state index in [1.54, 1.807) is 42.2 Å². The van der Waals surface area contributed by atoms with Crippen molar-refractivity contribution < 1.29 is 22.5 Å². The summed E-state index contributed by atoms with van der Waals surface area (Å²) in [5.74, 6) is -0.141. The van der Waals surface area contributed by atoms with Crippen LogP contribution in [0.5, 0.6) is 0 Å². The lowest BCUT2D eigenvalue weighted by molar-refractivity contribution is -0.143. The largest absolute Gasteiger partial charge is 0.358 e. The molecule has 0 aliphatic heterocycles. The van der Waals surface area contributed by atoms with Crippen LogP contribution in [-0.4, -0.2) is 42.4 Å². The highest BCUT2D eigenvalue weighted by atomic mass is 35.5. The lowest BCUT2D eigenvalue weighted by atomic mass is 9.98. The monoisotopic (exact) mass is 588 g/mol. The quantitative estimate of drug-likeness (QED) is 0.276. The standard InChI is InChI=1S/C29H37ClN4O5S/c1-7-10-25(35)34(27(18(2)3)29(36)31-19(4)5)17-21-13-15-22(16-14-21)23-11-8-9-12-24(23)40(37,38)33-28-26(30)20(6)39-32-28/h8-9,11-16,18-19,27H,7,10,17H2,1-6H3,(H,31,36)(H,32,33). The Kier molecular flexibility index (Phi) is 10.4. The van der Waals surface area contributed by atoms with Gasteiger partial charge in [-0.25, -0.2) is 8.42 Å². The smallest absolute Gasteiger partial charge is 0.263 e. The van der Waals surface area contributed by atoms with Crippen LogP contribution < -0.4 is 10.0 Å². The molecule has 2 aromatic carbocycles. The van der Waals surface area contributed by atoms with E-state index in [1.807, 2.05) is 46.8 Å². The number of benzene rings is 2. The number of nitrogens with one attached hydrogen (secondary N) is 2. The Morgan fingerprint density at radius 2 is 1.70 bits per heavy atom. The van der Waals surface area contributed by atoms with Gasteiger partial charge in [-0.3, -0.25) is 14.3 Å². The summed E-state index contributed by atoms with van der Waals surface area (Å²) in [6.07, 6.45) is 1.01. The molecule has 0 spiro atoms. The van der Waals surface area contributed by atoms with E-state index in [2.05, 4.69) is 15.2 Å². The predicted molar refractivity (Wildman–Crippen MR) is 156 cm³/mol. The van der Waals surface area contributed by atoms with Crippen molar-refractivity contribution in [2.24, 2.45) is 5.92 Å². The molecule has 0 radical (unpaired) electrons. The number of rotatable bonds is 12. The maximum absolute atomic E-state index is 13.3. The summed E-state index contributed by atoms with van der Waals surface area (Å²) in [5.41, 5.74) is 1.96. The molecule has 0 fully saturated rings. The van der Waals surface area contributed by atoms with Crippen molar-refractivity contribution in [3.8, 4) is 11.1 Å². The molecule has 0 saturated carbocycles. The summed E-state index contributed by atoms with van der Waals surface area (Å²) in [6.45, 7) is 11.4. The van der Waals surface area contributed by atoms with Crippen LogP contribution in [0.15, 0.2) is 57.9 Å². The molecule has 1 aromatic heterocycles. The van der Waals surface area contributed by atoms with E-state index >= 15 is 0 Å². The zero-order valence-corrected chi connectivity index (χ0v) is 25.3. The van der Waals surface area contributed by atoms with Gasteiger partial charge in [-0.05, 0) is 50.3 Å². The van der Waals surface area contributed by atoms with Gasteiger partial charge in [-0.2, -0.15) is 0 Å². The minimum absolute atomic E-state index is 0.0458. The number of sulfonamides is 1. The maximum atomic E-state index is 13.3. The summed E-state index contributed by atoms with van der Waals surface area (Å²) in [5, 5.41) is 6.73. The minimum atomic E-state index is -4.04. The van der Waals surface area contributed by atoms with Crippen LogP contribution in [0, 0.1) is 12.8 Å². The Labute approximate surface area is 241 Å². The van der Waals surface area contributed by atoms with Gasteiger partial charge in [0.1, 0.15) is 11.1 Å². The number of carbonyl (C=O) groups is 2. The average Bonchev–Trinajstić information content (AvgIpc) is 3.20. The third-order valence-electron chi connectivity index (χ3n) is 6.27. The first kappa shape index (κ1) is 31.2. The van der Waals surface area contributed by atoms with Gasteiger partial charge in [0.15, 0.2) is 5.76 Å². The molecule has 40 heavy (non-hydrogen) atoms. The number of aromatic nitrogens is 1. The zero-order chi connectivity index (χ0) is 29.6. The number of aryl methyl sites for hydroxylation is 1. The second-order valence-electron chi connectivity index (χ2n) is 10.3. The number of carbonyl (C=O) groups excluding carboxylic acids is 2. The van der Waals surface area contributed by atoms with Gasteiger partial charge in [-0.1, -0.05) is 80.0 Å². The van der Waals surface area contributed by atoms with Gasteiger partial charge >= 0.3 is 0 Å². The molecule has 0 bridgehead atoms. The third-order valence-corrected chi connectivity index (χ3v) is 8.11. The van der Waals surface area contributed by atoms with Gasteiger partial charge < -0.3 is 14.7 Å². The van der Waals surface area contributed by atoms with Crippen molar-refractivity contribution in [2.75, 3.05) is 4.72 Å². The lowest BCUT2D eigenvalue weighted by Gasteiger charge is -2.34. The molecule has 1 unspecified atom stereocenters. The molecule has 1 atom stereocenters. The van der Waals surface area contributed by atoms with E-state index in [-0.39, 0.29) is 46.1 Å². The molecule has 2 amide bonds. The van der Waals surface area contributed by atoms with Crippen molar-refractivity contribution in [3.63, 3.8) is 0 Å². The average molecular weight is 589 g/mol. The molecule has 0 aliphatic carbocycles. The van der Waals surface area contributed by atoms with E-state index in [0.717, 1.165) is 5.56 Å². The number of amides is 2. The van der Waals surface area contributed by atoms with Gasteiger partial charge in [0.2, 0.25) is 17.6 Å². The SMILES string of the molecule is CCCC(=O)N(Cc1ccc(-c2ccccc2S(=O)(=O)Nc2noc(C)c2Cl)cc1)C(C(=O)NC(C)C)C(C)C. The highest BCUT2D eigenvalue weighted by molar-refractivity contribution is 7.92. The zero-order valence-electron chi connectivity index (χ0n) is 23.7. The Balaban J connectivity index is 1.92. The van der Waals surface area contributed by atoms with Crippen molar-refractivity contribution in [2.45, 2.75) is 77.9 Å². The Morgan fingerprint density at radius 3 is 2.25 bits per heavy atom. The van der Waals surface area contributed by atoms with Gasteiger partial charge in [0.25, 0.3) is 10.0 Å². The van der Waals surface area contributed by atoms with Crippen molar-refractivity contribution in [1.82, 2.24) is 15.4 Å². The second-order valence-corrected chi connectivity index (χ2v) is 12.4. The number of hydrogen-bond acceptors (Lipinski definition) is 6. The summed E-state index contributed by atoms with van der Waals surface area (Å²) in [7, 11) is -4.04. The molecule has 216 valence electrons. The summed E-state index contributed by atoms with van der Waals surface area (Å²) in [4.78, 5) is 27.9. The molecular formula is C29H37ClN4O5S. The highest BCUT2D eigenvalue weighted by Crippen LogP contribution is 2.31. The molecule has 9 nitrogen and oxygen atoms in total. The molecule has 0 aliphatic rings. The van der Waals surface area contributed by atoms with Gasteiger partial charge in [-0.15, -0.1) is 0 Å². The first-order valence-electron chi connectivity index (χ1n) is 13.3. The van der Waals surface area contributed by atoms with Crippen LogP contribution in [0.25, 0.3) is 11.1 Å². The van der Waals surface area contributed by atoms with Crippen molar-refractivity contribution in [1.29, 1.82) is 0 Å². The minimum Gasteiger partial charge on any atom is -0.358 e. The Morgan fingerprint density at radius 1 is 1.05 bits per heavy atom. The number of nitrogens with zero attached hydrogens (tertiary/aromatic N) is 2. The molecule has 2 N–H and O–H groups in total. The molecule has 0 saturated heterocycles. The van der Waals surface area contributed by atoms with E-state index in [9.17, 15) is 18.0 Å². The fourth-order valence-corrected chi connectivity index (χ4v) is 5.81. The van der Waals surface area contributed by atoms with Crippen LogP contribution >= 0.6 is 11.6 Å². The summed E-state index contributed by atoms with van der Waals surface area (Å²) in [6, 6.07) is 13.2.